The Morgan fingerprint density at radius 3 is 2.67 bits per heavy atom. The predicted molar refractivity (Wildman–Crippen MR) is 97.7 cm³/mol. The first-order valence-corrected chi connectivity index (χ1v) is 8.97. The van der Waals surface area contributed by atoms with Crippen molar-refractivity contribution >= 4 is 16.6 Å². The Morgan fingerprint density at radius 1 is 1.12 bits per heavy atom. The van der Waals surface area contributed by atoms with Gasteiger partial charge >= 0.3 is 0 Å². The average molecular weight is 322 g/mol. The van der Waals surface area contributed by atoms with Crippen molar-refractivity contribution in [3.63, 3.8) is 0 Å². The van der Waals surface area contributed by atoms with Crippen LogP contribution in [0.25, 0.3) is 10.8 Å². The first kappa shape index (κ1) is 15.7. The molecule has 0 amide bonds. The quantitative estimate of drug-likeness (QED) is 0.714. The summed E-state index contributed by atoms with van der Waals surface area (Å²) in [5.41, 5.74) is 2.78. The fourth-order valence-electron chi connectivity index (χ4n) is 4.95. The Hall–Kier alpha value is -1.83. The van der Waals surface area contributed by atoms with Crippen LogP contribution in [0.2, 0.25) is 0 Å². The standard InChI is InChI=1S/C22H26O2/c1-21(2)12-19-18-7-5-14-11-15(24-4)6-8-16(14)17(18)9-10-22(19,3)20(23)13-21/h5-8,11,19H,9-10,12-13H2,1-4H3/t19-,22-/m0/s1. The van der Waals surface area contributed by atoms with Gasteiger partial charge < -0.3 is 4.74 Å². The second-order valence-electron chi connectivity index (χ2n) is 8.66. The van der Waals surface area contributed by atoms with E-state index in [0.29, 0.717) is 11.7 Å². The van der Waals surface area contributed by atoms with E-state index in [0.717, 1.165) is 31.4 Å². The minimum Gasteiger partial charge on any atom is -0.497 e. The van der Waals surface area contributed by atoms with Crippen LogP contribution in [0.15, 0.2) is 30.3 Å². The number of carbonyl (C=O) groups is 1. The Morgan fingerprint density at radius 2 is 1.92 bits per heavy atom. The molecule has 2 atom stereocenters. The van der Waals surface area contributed by atoms with E-state index < -0.39 is 0 Å². The molecule has 0 saturated heterocycles. The van der Waals surface area contributed by atoms with E-state index in [4.69, 9.17) is 4.74 Å². The zero-order valence-corrected chi connectivity index (χ0v) is 15.1. The fraction of sp³-hybridized carbons (Fsp3) is 0.500. The van der Waals surface area contributed by atoms with Gasteiger partial charge in [0.2, 0.25) is 0 Å². The summed E-state index contributed by atoms with van der Waals surface area (Å²) < 4.78 is 5.36. The highest BCUT2D eigenvalue weighted by atomic mass is 16.5. The second kappa shape index (κ2) is 5.08. The van der Waals surface area contributed by atoms with Crippen molar-refractivity contribution in [2.45, 2.75) is 52.4 Å². The van der Waals surface area contributed by atoms with Crippen LogP contribution in [0.1, 0.15) is 57.1 Å². The first-order valence-electron chi connectivity index (χ1n) is 8.97. The summed E-state index contributed by atoms with van der Waals surface area (Å²) >= 11 is 0. The summed E-state index contributed by atoms with van der Waals surface area (Å²) in [4.78, 5) is 12.9. The fourth-order valence-corrected chi connectivity index (χ4v) is 4.95. The van der Waals surface area contributed by atoms with Crippen molar-refractivity contribution in [2.75, 3.05) is 7.11 Å². The van der Waals surface area contributed by atoms with Gasteiger partial charge in [-0.25, -0.2) is 0 Å². The van der Waals surface area contributed by atoms with Gasteiger partial charge in [0, 0.05) is 11.8 Å². The zero-order valence-electron chi connectivity index (χ0n) is 15.1. The highest BCUT2D eigenvalue weighted by Gasteiger charge is 2.51. The van der Waals surface area contributed by atoms with Crippen molar-refractivity contribution in [3.05, 3.63) is 41.5 Å². The number of aryl methyl sites for hydroxylation is 1. The van der Waals surface area contributed by atoms with Crippen LogP contribution < -0.4 is 4.74 Å². The summed E-state index contributed by atoms with van der Waals surface area (Å²) in [5, 5.41) is 2.56. The van der Waals surface area contributed by atoms with Crippen molar-refractivity contribution in [1.29, 1.82) is 0 Å². The molecule has 0 heterocycles. The maximum atomic E-state index is 12.9. The van der Waals surface area contributed by atoms with Gasteiger partial charge in [-0.2, -0.15) is 0 Å². The number of benzene rings is 2. The highest BCUT2D eigenvalue weighted by Crippen LogP contribution is 2.57. The predicted octanol–water partition coefficient (Wildman–Crippen LogP) is 5.27. The summed E-state index contributed by atoms with van der Waals surface area (Å²) in [5.74, 6) is 1.71. The molecule has 1 fully saturated rings. The third-order valence-corrected chi connectivity index (χ3v) is 6.45. The molecule has 2 heteroatoms. The molecule has 0 unspecified atom stereocenters. The second-order valence-corrected chi connectivity index (χ2v) is 8.66. The lowest BCUT2D eigenvalue weighted by Crippen LogP contribution is -2.46. The van der Waals surface area contributed by atoms with E-state index in [1.165, 1.54) is 21.9 Å². The number of Topliss-reactive ketones (excluding diaryl/α,β-unsaturated/α-hetero) is 1. The van der Waals surface area contributed by atoms with Crippen molar-refractivity contribution < 1.29 is 9.53 Å². The minimum atomic E-state index is -0.178. The monoisotopic (exact) mass is 322 g/mol. The van der Waals surface area contributed by atoms with Crippen LogP contribution >= 0.6 is 0 Å². The SMILES string of the molecule is COc1ccc2c3c(ccc2c1)[C@@H]1CC(C)(C)CC(=O)[C@@]1(C)CC3. The van der Waals surface area contributed by atoms with Crippen molar-refractivity contribution in [2.24, 2.45) is 10.8 Å². The molecule has 0 N–H and O–H groups in total. The number of rotatable bonds is 1. The van der Waals surface area contributed by atoms with Gasteiger partial charge in [-0.1, -0.05) is 39.0 Å². The maximum Gasteiger partial charge on any atom is 0.139 e. The van der Waals surface area contributed by atoms with Crippen LogP contribution in [0.5, 0.6) is 5.75 Å². The number of ketones is 1. The van der Waals surface area contributed by atoms with Crippen LogP contribution in [0.4, 0.5) is 0 Å². The first-order chi connectivity index (χ1) is 11.3. The van der Waals surface area contributed by atoms with Crippen molar-refractivity contribution in [1.82, 2.24) is 0 Å². The van der Waals surface area contributed by atoms with Crippen LogP contribution in [-0.2, 0) is 11.2 Å². The third kappa shape index (κ3) is 2.19. The number of hydrogen-bond donors (Lipinski definition) is 0. The molecule has 2 aliphatic carbocycles. The van der Waals surface area contributed by atoms with Gasteiger partial charge in [0.25, 0.3) is 0 Å². The van der Waals surface area contributed by atoms with Gasteiger partial charge in [0.1, 0.15) is 11.5 Å². The lowest BCUT2D eigenvalue weighted by atomic mass is 9.53. The topological polar surface area (TPSA) is 26.3 Å². The summed E-state index contributed by atoms with van der Waals surface area (Å²) in [6.07, 6.45) is 3.80. The molecule has 126 valence electrons. The van der Waals surface area contributed by atoms with Crippen LogP contribution in [-0.4, -0.2) is 12.9 Å². The van der Waals surface area contributed by atoms with E-state index in [-0.39, 0.29) is 10.8 Å². The Labute approximate surface area is 144 Å². The Kier molecular flexibility index (Phi) is 3.32. The number of methoxy groups -OCH3 is 1. The number of ether oxygens (including phenoxy) is 1. The van der Waals surface area contributed by atoms with Gasteiger partial charge in [-0.15, -0.1) is 0 Å². The molecule has 24 heavy (non-hydrogen) atoms. The number of carbonyl (C=O) groups excluding carboxylic acids is 1. The molecular formula is C22H26O2. The molecule has 0 bridgehead atoms. The molecule has 2 aromatic rings. The molecule has 0 aromatic heterocycles. The van der Waals surface area contributed by atoms with Crippen LogP contribution in [0, 0.1) is 10.8 Å². The van der Waals surface area contributed by atoms with E-state index in [2.05, 4.69) is 45.0 Å². The van der Waals surface area contributed by atoms with E-state index in [1.807, 2.05) is 6.07 Å². The van der Waals surface area contributed by atoms with E-state index >= 15 is 0 Å². The lowest BCUT2D eigenvalue weighted by Gasteiger charge is -2.50. The molecule has 2 aromatic carbocycles. The lowest BCUT2D eigenvalue weighted by molar-refractivity contribution is -0.136. The van der Waals surface area contributed by atoms with Crippen molar-refractivity contribution in [3.8, 4) is 5.75 Å². The third-order valence-electron chi connectivity index (χ3n) is 6.45. The molecule has 2 aliphatic rings. The van der Waals surface area contributed by atoms with E-state index in [1.54, 1.807) is 7.11 Å². The minimum absolute atomic E-state index is 0.102. The van der Waals surface area contributed by atoms with E-state index in [9.17, 15) is 4.79 Å². The average Bonchev–Trinajstić information content (AvgIpc) is 2.55. The molecule has 2 nitrogen and oxygen atoms in total. The van der Waals surface area contributed by atoms with Gasteiger partial charge in [0.15, 0.2) is 0 Å². The summed E-state index contributed by atoms with van der Waals surface area (Å²) in [7, 11) is 1.71. The highest BCUT2D eigenvalue weighted by molar-refractivity contribution is 5.91. The summed E-state index contributed by atoms with van der Waals surface area (Å²) in [6, 6.07) is 10.8. The summed E-state index contributed by atoms with van der Waals surface area (Å²) in [6.45, 7) is 6.69. The normalized spacial score (nSPS) is 28.3. The maximum absolute atomic E-state index is 12.9. The molecule has 1 saturated carbocycles. The smallest absolute Gasteiger partial charge is 0.139 e. The molecule has 0 spiro atoms. The molecular weight excluding hydrogens is 296 g/mol. The van der Waals surface area contributed by atoms with Gasteiger partial charge in [-0.3, -0.25) is 4.79 Å². The zero-order chi connectivity index (χ0) is 17.1. The number of hydrogen-bond acceptors (Lipinski definition) is 2. The Bertz CT molecular complexity index is 833. The largest absolute Gasteiger partial charge is 0.497 e. The molecule has 4 rings (SSSR count). The van der Waals surface area contributed by atoms with Crippen LogP contribution in [0.3, 0.4) is 0 Å². The van der Waals surface area contributed by atoms with Gasteiger partial charge in [0.05, 0.1) is 7.11 Å². The molecule has 0 aliphatic heterocycles. The molecule has 0 radical (unpaired) electrons. The van der Waals surface area contributed by atoms with Gasteiger partial charge in [-0.05, 0) is 64.6 Å². The Balaban J connectivity index is 1.89. The number of fused-ring (bicyclic) bond motifs is 5.